The third-order valence-corrected chi connectivity index (χ3v) is 5.89. The van der Waals surface area contributed by atoms with Gasteiger partial charge >= 0.3 is 5.97 Å². The Balaban J connectivity index is 1.36. The molecule has 0 amide bonds. The van der Waals surface area contributed by atoms with Crippen LogP contribution in [0.25, 0.3) is 0 Å². The van der Waals surface area contributed by atoms with Crippen molar-refractivity contribution < 1.29 is 33.6 Å². The molecule has 176 valence electrons. The van der Waals surface area contributed by atoms with Gasteiger partial charge in [-0.3, -0.25) is 0 Å². The summed E-state index contributed by atoms with van der Waals surface area (Å²) in [7, 11) is 0. The number of esters is 1. The van der Waals surface area contributed by atoms with Gasteiger partial charge in [0, 0.05) is 5.56 Å². The Hall–Kier alpha value is -3.07. The van der Waals surface area contributed by atoms with Gasteiger partial charge in [-0.2, -0.15) is 0 Å². The van der Waals surface area contributed by atoms with Crippen LogP contribution in [-0.2, 0) is 30.3 Å². The van der Waals surface area contributed by atoms with Crippen LogP contribution in [0.1, 0.15) is 27.8 Å². The molecule has 0 aromatic heterocycles. The highest BCUT2D eigenvalue weighted by Gasteiger charge is 2.52. The first-order valence-corrected chi connectivity index (χ1v) is 11.3. The molecular weight excluding hydrogens is 436 g/mol. The van der Waals surface area contributed by atoms with Crippen molar-refractivity contribution in [2.45, 2.75) is 43.6 Å². The molecule has 3 aromatic rings. The van der Waals surface area contributed by atoms with Gasteiger partial charge in [0.1, 0.15) is 18.3 Å². The monoisotopic (exact) mass is 462 g/mol. The highest BCUT2D eigenvalue weighted by Crippen LogP contribution is 2.36. The van der Waals surface area contributed by atoms with Crippen molar-refractivity contribution in [2.75, 3.05) is 6.61 Å². The molecule has 3 aromatic carbocycles. The van der Waals surface area contributed by atoms with Crippen LogP contribution in [0.15, 0.2) is 91.0 Å². The largest absolute Gasteiger partial charge is 0.453 e. The summed E-state index contributed by atoms with van der Waals surface area (Å²) in [5.74, 6) is -0.557. The second-order valence-corrected chi connectivity index (χ2v) is 8.24. The molecule has 1 unspecified atom stereocenters. The second-order valence-electron chi connectivity index (χ2n) is 8.24. The number of hydrogen-bond donors (Lipinski definition) is 1. The number of rotatable bonds is 6. The van der Waals surface area contributed by atoms with E-state index in [2.05, 4.69) is 0 Å². The van der Waals surface area contributed by atoms with Crippen molar-refractivity contribution in [1.29, 1.82) is 0 Å². The fourth-order valence-electron chi connectivity index (χ4n) is 4.13. The average molecular weight is 462 g/mol. The van der Waals surface area contributed by atoms with Gasteiger partial charge in [-0.1, -0.05) is 78.9 Å². The van der Waals surface area contributed by atoms with E-state index in [1.807, 2.05) is 66.7 Å². The zero-order valence-electron chi connectivity index (χ0n) is 18.4. The molecule has 1 N–H and O–H groups in total. The fourth-order valence-corrected chi connectivity index (χ4v) is 4.13. The van der Waals surface area contributed by atoms with Gasteiger partial charge in [0.25, 0.3) is 0 Å². The number of carbonyl (C=O) groups is 1. The Labute approximate surface area is 197 Å². The predicted octanol–water partition coefficient (Wildman–Crippen LogP) is 3.63. The van der Waals surface area contributed by atoms with E-state index >= 15 is 0 Å². The summed E-state index contributed by atoms with van der Waals surface area (Å²) in [5, 5.41) is 11.2. The molecule has 2 fully saturated rings. The van der Waals surface area contributed by atoms with Gasteiger partial charge in [-0.05, 0) is 17.7 Å². The predicted molar refractivity (Wildman–Crippen MR) is 122 cm³/mol. The lowest BCUT2D eigenvalue weighted by Crippen LogP contribution is -2.63. The molecule has 5 rings (SSSR count). The van der Waals surface area contributed by atoms with Gasteiger partial charge in [0.05, 0.1) is 18.8 Å². The Bertz CT molecular complexity index is 1060. The van der Waals surface area contributed by atoms with Crippen LogP contribution in [0, 0.1) is 0 Å². The Morgan fingerprint density at radius 1 is 0.882 bits per heavy atom. The molecule has 0 aliphatic carbocycles. The topological polar surface area (TPSA) is 83.5 Å². The third-order valence-electron chi connectivity index (χ3n) is 5.89. The van der Waals surface area contributed by atoms with Crippen LogP contribution in [0.4, 0.5) is 0 Å². The SMILES string of the molecule is O=C(O[C@@H]1[C@@H](O)[C@@H](OCc2ccccc2)O[C@@H]2COC(c3ccccc3)O[C@@H]12)c1ccccc1. The molecule has 6 atom stereocenters. The Kier molecular flexibility index (Phi) is 6.99. The van der Waals surface area contributed by atoms with Crippen LogP contribution in [0.3, 0.4) is 0 Å². The number of aliphatic hydroxyl groups is 1. The minimum absolute atomic E-state index is 0.196. The summed E-state index contributed by atoms with van der Waals surface area (Å²) < 4.78 is 29.8. The smallest absolute Gasteiger partial charge is 0.338 e. The molecule has 0 saturated carbocycles. The second kappa shape index (κ2) is 10.5. The molecule has 0 bridgehead atoms. The Morgan fingerprint density at radius 3 is 2.24 bits per heavy atom. The number of hydrogen-bond acceptors (Lipinski definition) is 7. The third kappa shape index (κ3) is 5.04. The van der Waals surface area contributed by atoms with E-state index < -0.39 is 43.0 Å². The fraction of sp³-hybridized carbons (Fsp3) is 0.296. The summed E-state index contributed by atoms with van der Waals surface area (Å²) in [5.41, 5.74) is 2.13. The maximum atomic E-state index is 12.9. The molecule has 0 radical (unpaired) electrons. The average Bonchev–Trinajstić information content (AvgIpc) is 2.90. The number of benzene rings is 3. The van der Waals surface area contributed by atoms with E-state index in [-0.39, 0.29) is 13.2 Å². The Morgan fingerprint density at radius 2 is 1.53 bits per heavy atom. The van der Waals surface area contributed by atoms with Gasteiger partial charge in [-0.15, -0.1) is 0 Å². The van der Waals surface area contributed by atoms with Crippen molar-refractivity contribution in [2.24, 2.45) is 0 Å². The first-order valence-electron chi connectivity index (χ1n) is 11.3. The number of carbonyl (C=O) groups excluding carboxylic acids is 1. The minimum Gasteiger partial charge on any atom is -0.453 e. The molecule has 7 heteroatoms. The normalized spacial score (nSPS) is 28.6. The zero-order chi connectivity index (χ0) is 23.3. The molecular formula is C27H26O7. The van der Waals surface area contributed by atoms with E-state index in [9.17, 15) is 9.90 Å². The van der Waals surface area contributed by atoms with E-state index in [4.69, 9.17) is 23.7 Å². The van der Waals surface area contributed by atoms with Crippen molar-refractivity contribution in [3.8, 4) is 0 Å². The number of aliphatic hydroxyl groups excluding tert-OH is 1. The summed E-state index contributed by atoms with van der Waals surface area (Å²) >= 11 is 0. The first kappa shape index (κ1) is 22.7. The highest BCUT2D eigenvalue weighted by atomic mass is 16.8. The maximum Gasteiger partial charge on any atom is 0.338 e. The highest BCUT2D eigenvalue weighted by molar-refractivity contribution is 5.89. The summed E-state index contributed by atoms with van der Waals surface area (Å²) in [6.45, 7) is 0.426. The van der Waals surface area contributed by atoms with Gasteiger partial charge < -0.3 is 28.8 Å². The van der Waals surface area contributed by atoms with E-state index in [0.29, 0.717) is 5.56 Å². The summed E-state index contributed by atoms with van der Waals surface area (Å²) in [6, 6.07) is 27.7. The van der Waals surface area contributed by atoms with E-state index in [1.54, 1.807) is 24.3 Å². The van der Waals surface area contributed by atoms with E-state index in [0.717, 1.165) is 11.1 Å². The first-order chi connectivity index (χ1) is 16.7. The standard InChI is InChI=1S/C27H26O7/c28-22-24(33-25(29)19-12-6-2-7-13-19)23-21(17-31-26(34-23)20-14-8-3-9-15-20)32-27(22)30-16-18-10-4-1-5-11-18/h1-15,21-24,26-28H,16-17H2/t21-,22-,23-,24-,26?,27+/m1/s1. The maximum absolute atomic E-state index is 12.9. The molecule has 0 spiro atoms. The summed E-state index contributed by atoms with van der Waals surface area (Å²) in [6.07, 6.45) is -5.28. The van der Waals surface area contributed by atoms with Crippen LogP contribution in [0.2, 0.25) is 0 Å². The molecule has 2 aliphatic heterocycles. The summed E-state index contributed by atoms with van der Waals surface area (Å²) in [4.78, 5) is 12.9. The quantitative estimate of drug-likeness (QED) is 0.560. The zero-order valence-corrected chi connectivity index (χ0v) is 18.4. The van der Waals surface area contributed by atoms with Crippen molar-refractivity contribution in [3.05, 3.63) is 108 Å². The lowest BCUT2D eigenvalue weighted by atomic mass is 9.97. The van der Waals surface area contributed by atoms with E-state index in [1.165, 1.54) is 0 Å². The molecule has 2 aliphatic rings. The van der Waals surface area contributed by atoms with Crippen molar-refractivity contribution in [3.63, 3.8) is 0 Å². The molecule has 34 heavy (non-hydrogen) atoms. The number of fused-ring (bicyclic) bond motifs is 1. The van der Waals surface area contributed by atoms with Crippen LogP contribution >= 0.6 is 0 Å². The van der Waals surface area contributed by atoms with Crippen molar-refractivity contribution >= 4 is 5.97 Å². The van der Waals surface area contributed by atoms with Gasteiger partial charge in [0.2, 0.25) is 0 Å². The van der Waals surface area contributed by atoms with Crippen LogP contribution < -0.4 is 0 Å². The molecule has 2 saturated heterocycles. The van der Waals surface area contributed by atoms with Gasteiger partial charge in [-0.25, -0.2) is 4.79 Å². The minimum atomic E-state index is -1.26. The molecule has 2 heterocycles. The lowest BCUT2D eigenvalue weighted by molar-refractivity contribution is -0.362. The molecule has 7 nitrogen and oxygen atoms in total. The van der Waals surface area contributed by atoms with Gasteiger partial charge in [0.15, 0.2) is 18.7 Å². The number of ether oxygens (including phenoxy) is 5. The lowest BCUT2D eigenvalue weighted by Gasteiger charge is -2.47. The van der Waals surface area contributed by atoms with Crippen molar-refractivity contribution in [1.82, 2.24) is 0 Å². The van der Waals surface area contributed by atoms with Crippen LogP contribution in [0.5, 0.6) is 0 Å². The van der Waals surface area contributed by atoms with Crippen LogP contribution in [-0.4, -0.2) is 48.4 Å².